The molecule has 2 rings (SSSR count). The summed E-state index contributed by atoms with van der Waals surface area (Å²) in [7, 11) is 0. The van der Waals surface area contributed by atoms with E-state index in [4.69, 9.17) is 0 Å². The summed E-state index contributed by atoms with van der Waals surface area (Å²) in [6.07, 6.45) is 1.20. The van der Waals surface area contributed by atoms with Gasteiger partial charge in [-0.25, -0.2) is 4.39 Å². The highest BCUT2D eigenvalue weighted by Crippen LogP contribution is 2.44. The normalized spacial score (nSPS) is 23.5. The van der Waals surface area contributed by atoms with Crippen LogP contribution < -0.4 is 5.32 Å². The maximum Gasteiger partial charge on any atom is 0.127 e. The molecule has 1 saturated carbocycles. The lowest BCUT2D eigenvalue weighted by atomic mass is 10.1. The van der Waals surface area contributed by atoms with Crippen molar-refractivity contribution in [1.82, 2.24) is 5.32 Å². The quantitative estimate of drug-likeness (QED) is 0.778. The molecule has 0 saturated heterocycles. The minimum Gasteiger partial charge on any atom is -0.309 e. The van der Waals surface area contributed by atoms with Crippen LogP contribution in [0.3, 0.4) is 0 Å². The highest BCUT2D eigenvalue weighted by molar-refractivity contribution is 5.17. The molecule has 0 radical (unpaired) electrons. The van der Waals surface area contributed by atoms with E-state index in [1.807, 2.05) is 12.1 Å². The summed E-state index contributed by atoms with van der Waals surface area (Å²) >= 11 is 0. The molecule has 1 aliphatic carbocycles. The molecule has 1 nitrogen and oxygen atoms in total. The SMILES string of the molecule is CC1(C)CC1NCc1ccccc1F. The maximum atomic E-state index is 13.2. The minimum atomic E-state index is -0.113. The first-order valence-corrected chi connectivity index (χ1v) is 5.06. The number of rotatable bonds is 3. The Morgan fingerprint density at radius 1 is 1.43 bits per heavy atom. The molecule has 1 atom stereocenters. The number of hydrogen-bond acceptors (Lipinski definition) is 1. The van der Waals surface area contributed by atoms with Gasteiger partial charge in [0.2, 0.25) is 0 Å². The monoisotopic (exact) mass is 193 g/mol. The molecule has 2 heteroatoms. The molecular weight excluding hydrogens is 177 g/mol. The van der Waals surface area contributed by atoms with Gasteiger partial charge >= 0.3 is 0 Å². The van der Waals surface area contributed by atoms with E-state index in [2.05, 4.69) is 19.2 Å². The lowest BCUT2D eigenvalue weighted by Gasteiger charge is -2.07. The van der Waals surface area contributed by atoms with Crippen LogP contribution in [0.4, 0.5) is 4.39 Å². The zero-order chi connectivity index (χ0) is 10.2. The second-order valence-corrected chi connectivity index (χ2v) is 4.72. The van der Waals surface area contributed by atoms with E-state index in [0.29, 0.717) is 18.0 Å². The van der Waals surface area contributed by atoms with Crippen LogP contribution in [0.2, 0.25) is 0 Å². The third-order valence-corrected chi connectivity index (χ3v) is 3.01. The van der Waals surface area contributed by atoms with Crippen molar-refractivity contribution < 1.29 is 4.39 Å². The Kier molecular flexibility index (Phi) is 2.31. The van der Waals surface area contributed by atoms with Crippen molar-refractivity contribution in [2.24, 2.45) is 5.41 Å². The Balaban J connectivity index is 1.90. The Bertz CT molecular complexity index is 333. The largest absolute Gasteiger partial charge is 0.309 e. The zero-order valence-electron chi connectivity index (χ0n) is 8.68. The first-order chi connectivity index (χ1) is 6.59. The molecule has 0 bridgehead atoms. The van der Waals surface area contributed by atoms with Gasteiger partial charge in [0.05, 0.1) is 0 Å². The summed E-state index contributed by atoms with van der Waals surface area (Å²) in [4.78, 5) is 0. The third-order valence-electron chi connectivity index (χ3n) is 3.01. The molecule has 0 spiro atoms. The fourth-order valence-electron chi connectivity index (χ4n) is 1.69. The molecule has 1 fully saturated rings. The van der Waals surface area contributed by atoms with Crippen LogP contribution >= 0.6 is 0 Å². The molecule has 1 aromatic carbocycles. The highest BCUT2D eigenvalue weighted by atomic mass is 19.1. The summed E-state index contributed by atoms with van der Waals surface area (Å²) in [5, 5.41) is 3.36. The van der Waals surface area contributed by atoms with Gasteiger partial charge < -0.3 is 5.32 Å². The lowest BCUT2D eigenvalue weighted by molar-refractivity contribution is 0.528. The number of hydrogen-bond donors (Lipinski definition) is 1. The summed E-state index contributed by atoms with van der Waals surface area (Å²) in [5.41, 5.74) is 1.17. The first-order valence-electron chi connectivity index (χ1n) is 5.06. The van der Waals surface area contributed by atoms with Crippen LogP contribution in [0.25, 0.3) is 0 Å². The average Bonchev–Trinajstić information content (AvgIpc) is 2.73. The van der Waals surface area contributed by atoms with Gasteiger partial charge in [0.1, 0.15) is 5.82 Å². The van der Waals surface area contributed by atoms with Gasteiger partial charge in [-0.2, -0.15) is 0 Å². The summed E-state index contributed by atoms with van der Waals surface area (Å²) in [5.74, 6) is -0.113. The Labute approximate surface area is 84.3 Å². The lowest BCUT2D eigenvalue weighted by Crippen LogP contribution is -2.20. The second kappa shape index (κ2) is 3.35. The summed E-state index contributed by atoms with van der Waals surface area (Å²) in [6, 6.07) is 7.49. The van der Waals surface area contributed by atoms with Crippen molar-refractivity contribution >= 4 is 0 Å². The van der Waals surface area contributed by atoms with Crippen molar-refractivity contribution in [3.05, 3.63) is 35.6 Å². The van der Waals surface area contributed by atoms with Crippen LogP contribution in [0.1, 0.15) is 25.8 Å². The molecular formula is C12H16FN. The van der Waals surface area contributed by atoms with Crippen LogP contribution in [0.15, 0.2) is 24.3 Å². The molecule has 0 amide bonds. The Hall–Kier alpha value is -0.890. The van der Waals surface area contributed by atoms with Gasteiger partial charge in [0.25, 0.3) is 0 Å². The van der Waals surface area contributed by atoms with E-state index in [-0.39, 0.29) is 5.82 Å². The van der Waals surface area contributed by atoms with Crippen LogP contribution in [-0.2, 0) is 6.54 Å². The van der Waals surface area contributed by atoms with Crippen molar-refractivity contribution in [2.75, 3.05) is 0 Å². The molecule has 76 valence electrons. The van der Waals surface area contributed by atoms with E-state index in [1.165, 1.54) is 12.5 Å². The number of halogens is 1. The molecule has 0 heterocycles. The third kappa shape index (κ3) is 1.95. The highest BCUT2D eigenvalue weighted by Gasteiger charge is 2.44. The van der Waals surface area contributed by atoms with Crippen molar-refractivity contribution in [3.63, 3.8) is 0 Å². The Morgan fingerprint density at radius 2 is 2.07 bits per heavy atom. The molecule has 0 aliphatic heterocycles. The van der Waals surface area contributed by atoms with Crippen LogP contribution in [-0.4, -0.2) is 6.04 Å². The van der Waals surface area contributed by atoms with E-state index in [0.717, 1.165) is 5.56 Å². The Morgan fingerprint density at radius 3 is 2.64 bits per heavy atom. The van der Waals surface area contributed by atoms with Crippen LogP contribution in [0, 0.1) is 11.2 Å². The van der Waals surface area contributed by atoms with E-state index >= 15 is 0 Å². The van der Waals surface area contributed by atoms with Gasteiger partial charge in [-0.3, -0.25) is 0 Å². The van der Waals surface area contributed by atoms with Gasteiger partial charge in [-0.05, 0) is 17.9 Å². The van der Waals surface area contributed by atoms with E-state index in [1.54, 1.807) is 6.07 Å². The average molecular weight is 193 g/mol. The topological polar surface area (TPSA) is 12.0 Å². The smallest absolute Gasteiger partial charge is 0.127 e. The first kappa shape index (κ1) is 9.66. The zero-order valence-corrected chi connectivity index (χ0v) is 8.68. The van der Waals surface area contributed by atoms with E-state index < -0.39 is 0 Å². The molecule has 1 aliphatic rings. The standard InChI is InChI=1S/C12H16FN/c1-12(2)7-11(12)14-8-9-5-3-4-6-10(9)13/h3-6,11,14H,7-8H2,1-2H3. The number of benzene rings is 1. The molecule has 1 unspecified atom stereocenters. The van der Waals surface area contributed by atoms with Crippen molar-refractivity contribution in [1.29, 1.82) is 0 Å². The number of nitrogens with one attached hydrogen (secondary N) is 1. The van der Waals surface area contributed by atoms with Gasteiger partial charge in [-0.1, -0.05) is 32.0 Å². The van der Waals surface area contributed by atoms with Crippen LogP contribution in [0.5, 0.6) is 0 Å². The summed E-state index contributed by atoms with van der Waals surface area (Å²) < 4.78 is 13.2. The predicted molar refractivity (Wildman–Crippen MR) is 55.4 cm³/mol. The maximum absolute atomic E-state index is 13.2. The molecule has 1 N–H and O–H groups in total. The minimum absolute atomic E-state index is 0.113. The summed E-state index contributed by atoms with van der Waals surface area (Å²) in [6.45, 7) is 5.10. The predicted octanol–water partition coefficient (Wildman–Crippen LogP) is 2.71. The molecule has 0 aromatic heterocycles. The fraction of sp³-hybridized carbons (Fsp3) is 0.500. The van der Waals surface area contributed by atoms with Gasteiger partial charge in [-0.15, -0.1) is 0 Å². The van der Waals surface area contributed by atoms with Gasteiger partial charge in [0, 0.05) is 18.2 Å². The second-order valence-electron chi connectivity index (χ2n) is 4.72. The van der Waals surface area contributed by atoms with Gasteiger partial charge in [0.15, 0.2) is 0 Å². The molecule has 1 aromatic rings. The molecule has 14 heavy (non-hydrogen) atoms. The van der Waals surface area contributed by atoms with Crippen molar-refractivity contribution in [3.8, 4) is 0 Å². The fourth-order valence-corrected chi connectivity index (χ4v) is 1.69. The van der Waals surface area contributed by atoms with E-state index in [9.17, 15) is 4.39 Å². The van der Waals surface area contributed by atoms with Crippen molar-refractivity contribution in [2.45, 2.75) is 32.9 Å².